The summed E-state index contributed by atoms with van der Waals surface area (Å²) in [6.45, 7) is 5.35. The number of quaternary nitrogens is 1. The van der Waals surface area contributed by atoms with Gasteiger partial charge in [-0.15, -0.1) is 0 Å². The van der Waals surface area contributed by atoms with Crippen molar-refractivity contribution in [3.8, 4) is 0 Å². The molecule has 2 heteroatoms. The average molecular weight is 398 g/mol. The van der Waals surface area contributed by atoms with Gasteiger partial charge in [0.05, 0.1) is 13.1 Å². The molecule has 5 rings (SSSR count). The Kier molecular flexibility index (Phi) is 4.77. The molecule has 1 spiro atoms. The number of fused-ring (bicyclic) bond motifs is 2. The standard InChI is InChI=1S/C23H28N.BrH/c1-3-9-18(10-4-1)23-21-12-6-5-11-19(21)15-20-16-24(17-22(20)23)13-7-2-8-14-24;/h5-6,9,11-12,15H,1-4,7-8,10,13-14,16-17H2;1H/q+1;/p-1. The number of hydrogen-bond donors (Lipinski definition) is 0. The molecule has 0 radical (unpaired) electrons. The molecule has 0 unspecified atom stereocenters. The Morgan fingerprint density at radius 1 is 0.840 bits per heavy atom. The minimum absolute atomic E-state index is 0. The van der Waals surface area contributed by atoms with Gasteiger partial charge in [-0.3, -0.25) is 0 Å². The first-order valence-electron chi connectivity index (χ1n) is 9.93. The van der Waals surface area contributed by atoms with Crippen LogP contribution in [0.25, 0.3) is 16.3 Å². The van der Waals surface area contributed by atoms with Crippen molar-refractivity contribution in [3.05, 3.63) is 53.1 Å². The van der Waals surface area contributed by atoms with Crippen molar-refractivity contribution in [2.24, 2.45) is 0 Å². The van der Waals surface area contributed by atoms with Gasteiger partial charge < -0.3 is 21.5 Å². The summed E-state index contributed by atoms with van der Waals surface area (Å²) in [7, 11) is 0. The Morgan fingerprint density at radius 3 is 2.48 bits per heavy atom. The van der Waals surface area contributed by atoms with Crippen LogP contribution in [0.15, 0.2) is 36.4 Å². The quantitative estimate of drug-likeness (QED) is 0.649. The zero-order valence-corrected chi connectivity index (χ0v) is 16.7. The van der Waals surface area contributed by atoms with Crippen molar-refractivity contribution in [1.82, 2.24) is 0 Å². The fraction of sp³-hybridized carbons (Fsp3) is 0.478. The van der Waals surface area contributed by atoms with E-state index in [1.54, 1.807) is 22.3 Å². The summed E-state index contributed by atoms with van der Waals surface area (Å²) in [4.78, 5) is 0. The predicted octanol–water partition coefficient (Wildman–Crippen LogP) is 2.82. The minimum Gasteiger partial charge on any atom is -1.00 e. The highest BCUT2D eigenvalue weighted by Gasteiger charge is 2.39. The van der Waals surface area contributed by atoms with Crippen molar-refractivity contribution in [2.75, 3.05) is 13.1 Å². The van der Waals surface area contributed by atoms with Crippen LogP contribution in [0, 0.1) is 0 Å². The van der Waals surface area contributed by atoms with Crippen LogP contribution in [-0.4, -0.2) is 17.6 Å². The molecule has 1 saturated heterocycles. The first-order valence-corrected chi connectivity index (χ1v) is 9.93. The molecule has 2 heterocycles. The summed E-state index contributed by atoms with van der Waals surface area (Å²) < 4.78 is 1.34. The largest absolute Gasteiger partial charge is 1.00 e. The highest BCUT2D eigenvalue weighted by atomic mass is 79.9. The van der Waals surface area contributed by atoms with E-state index in [1.165, 1.54) is 86.4 Å². The van der Waals surface area contributed by atoms with Crippen LogP contribution in [0.3, 0.4) is 0 Å². The number of hydrogen-bond acceptors (Lipinski definition) is 0. The maximum Gasteiger partial charge on any atom is 0.106 e. The fourth-order valence-electron chi connectivity index (χ4n) is 5.45. The van der Waals surface area contributed by atoms with Crippen LogP contribution in [0.2, 0.25) is 0 Å². The molecule has 2 aromatic rings. The van der Waals surface area contributed by atoms with Crippen LogP contribution in [0.4, 0.5) is 0 Å². The third-order valence-electron chi connectivity index (χ3n) is 6.63. The Balaban J connectivity index is 0.00000157. The lowest BCUT2D eigenvalue weighted by Crippen LogP contribution is -3.00. The van der Waals surface area contributed by atoms with E-state index in [0.717, 1.165) is 0 Å². The SMILES string of the molecule is C1=C(c2c3c(cc4ccccc24)C[N+]2(CCCCC2)C3)CCCC1.[Br-]. The summed E-state index contributed by atoms with van der Waals surface area (Å²) in [5.41, 5.74) is 6.62. The number of piperidine rings is 1. The highest BCUT2D eigenvalue weighted by molar-refractivity contribution is 5.96. The van der Waals surface area contributed by atoms with E-state index in [2.05, 4.69) is 36.4 Å². The molecule has 1 aliphatic carbocycles. The van der Waals surface area contributed by atoms with E-state index < -0.39 is 0 Å². The fourth-order valence-corrected chi connectivity index (χ4v) is 5.45. The van der Waals surface area contributed by atoms with Gasteiger partial charge in [-0.1, -0.05) is 30.3 Å². The van der Waals surface area contributed by atoms with Crippen molar-refractivity contribution in [3.63, 3.8) is 0 Å². The summed E-state index contributed by atoms with van der Waals surface area (Å²) in [5.74, 6) is 0. The molecule has 3 aliphatic rings. The highest BCUT2D eigenvalue weighted by Crippen LogP contribution is 2.43. The Morgan fingerprint density at radius 2 is 1.68 bits per heavy atom. The second kappa shape index (κ2) is 6.89. The van der Waals surface area contributed by atoms with Gasteiger partial charge in [0.2, 0.25) is 0 Å². The lowest BCUT2D eigenvalue weighted by molar-refractivity contribution is -0.951. The Bertz CT molecular complexity index is 814. The zero-order valence-electron chi connectivity index (χ0n) is 15.1. The predicted molar refractivity (Wildman–Crippen MR) is 102 cm³/mol. The first kappa shape index (κ1) is 17.3. The van der Waals surface area contributed by atoms with Crippen LogP contribution < -0.4 is 17.0 Å². The zero-order chi connectivity index (χ0) is 16.0. The molecule has 1 nitrogen and oxygen atoms in total. The number of halogens is 1. The monoisotopic (exact) mass is 397 g/mol. The van der Waals surface area contributed by atoms with Crippen LogP contribution in [0.1, 0.15) is 61.6 Å². The first-order chi connectivity index (χ1) is 11.8. The maximum absolute atomic E-state index is 2.55. The molecule has 1 fully saturated rings. The Hall–Kier alpha value is -1.12. The van der Waals surface area contributed by atoms with Gasteiger partial charge in [-0.05, 0) is 72.9 Å². The number of rotatable bonds is 1. The summed E-state index contributed by atoms with van der Waals surface area (Å²) >= 11 is 0. The second-order valence-electron chi connectivity index (χ2n) is 8.25. The third-order valence-corrected chi connectivity index (χ3v) is 6.63. The molecular weight excluding hydrogens is 370 g/mol. The molecule has 2 aromatic carbocycles. The van der Waals surface area contributed by atoms with E-state index in [1.807, 2.05) is 0 Å². The maximum atomic E-state index is 2.55. The normalized spacial score (nSPS) is 21.7. The molecule has 0 amide bonds. The third kappa shape index (κ3) is 2.98. The minimum atomic E-state index is 0. The average Bonchev–Trinajstić information content (AvgIpc) is 2.97. The number of nitrogens with zero attached hydrogens (tertiary/aromatic N) is 1. The molecule has 0 atom stereocenters. The van der Waals surface area contributed by atoms with Gasteiger partial charge in [-0.25, -0.2) is 0 Å². The second-order valence-corrected chi connectivity index (χ2v) is 8.25. The summed E-state index contributed by atoms with van der Waals surface area (Å²) in [6.07, 6.45) is 12.1. The van der Waals surface area contributed by atoms with Gasteiger partial charge in [-0.2, -0.15) is 0 Å². The van der Waals surface area contributed by atoms with Gasteiger partial charge in [0.1, 0.15) is 13.1 Å². The Labute approximate surface area is 162 Å². The van der Waals surface area contributed by atoms with Crippen molar-refractivity contribution in [2.45, 2.75) is 58.0 Å². The van der Waals surface area contributed by atoms with E-state index in [9.17, 15) is 0 Å². The van der Waals surface area contributed by atoms with Crippen molar-refractivity contribution >= 4 is 16.3 Å². The molecule has 0 aromatic heterocycles. The number of allylic oxidation sites excluding steroid dienone is 2. The van der Waals surface area contributed by atoms with E-state index >= 15 is 0 Å². The van der Waals surface area contributed by atoms with Crippen molar-refractivity contribution in [1.29, 1.82) is 0 Å². The molecular formula is C23H28BrN. The molecule has 2 aliphatic heterocycles. The van der Waals surface area contributed by atoms with Crippen LogP contribution in [0.5, 0.6) is 0 Å². The van der Waals surface area contributed by atoms with E-state index in [4.69, 9.17) is 0 Å². The molecule has 25 heavy (non-hydrogen) atoms. The smallest absolute Gasteiger partial charge is 0.106 e. The molecule has 132 valence electrons. The summed E-state index contributed by atoms with van der Waals surface area (Å²) in [6, 6.07) is 11.6. The summed E-state index contributed by atoms with van der Waals surface area (Å²) in [5, 5.41) is 2.95. The van der Waals surface area contributed by atoms with Gasteiger partial charge >= 0.3 is 0 Å². The molecule has 0 saturated carbocycles. The van der Waals surface area contributed by atoms with Gasteiger partial charge in [0.15, 0.2) is 0 Å². The van der Waals surface area contributed by atoms with E-state index in [-0.39, 0.29) is 17.0 Å². The lowest BCUT2D eigenvalue weighted by atomic mass is 9.86. The molecule has 0 N–H and O–H groups in total. The van der Waals surface area contributed by atoms with E-state index in [0.29, 0.717) is 0 Å². The van der Waals surface area contributed by atoms with Crippen LogP contribution >= 0.6 is 0 Å². The van der Waals surface area contributed by atoms with Gasteiger partial charge in [0, 0.05) is 11.1 Å². The van der Waals surface area contributed by atoms with Crippen LogP contribution in [-0.2, 0) is 13.1 Å². The van der Waals surface area contributed by atoms with Gasteiger partial charge in [0.25, 0.3) is 0 Å². The topological polar surface area (TPSA) is 0 Å². The molecule has 0 bridgehead atoms. The lowest BCUT2D eigenvalue weighted by Gasteiger charge is -2.37. The number of benzene rings is 2. The van der Waals surface area contributed by atoms with Crippen molar-refractivity contribution < 1.29 is 21.5 Å².